The number of rotatable bonds is 9. The van der Waals surface area contributed by atoms with Crippen LogP contribution in [0, 0.1) is 6.92 Å². The van der Waals surface area contributed by atoms with Crippen LogP contribution in [0.3, 0.4) is 0 Å². The van der Waals surface area contributed by atoms with E-state index in [1.54, 1.807) is 0 Å². The smallest absolute Gasteiger partial charge is 0.152 e. The molecule has 0 N–H and O–H groups in total. The van der Waals surface area contributed by atoms with Crippen LogP contribution in [-0.2, 0) is 4.74 Å². The molecule has 0 amide bonds. The third-order valence-electron chi connectivity index (χ3n) is 5.36. The Balaban J connectivity index is 1.69. The molecule has 1 fully saturated rings. The highest BCUT2D eigenvalue weighted by atomic mass is 16.5. The summed E-state index contributed by atoms with van der Waals surface area (Å²) < 4.78 is 8.44. The second kappa shape index (κ2) is 9.86. The zero-order chi connectivity index (χ0) is 18.2. The highest BCUT2D eigenvalue weighted by Crippen LogP contribution is 2.28. The van der Waals surface area contributed by atoms with Gasteiger partial charge in [-0.1, -0.05) is 80.5 Å². The van der Waals surface area contributed by atoms with Crippen molar-refractivity contribution in [1.82, 2.24) is 15.0 Å². The zero-order valence-corrected chi connectivity index (χ0v) is 16.4. The molecule has 1 aliphatic rings. The van der Waals surface area contributed by atoms with Crippen LogP contribution < -0.4 is 0 Å². The van der Waals surface area contributed by atoms with Crippen molar-refractivity contribution in [1.29, 1.82) is 0 Å². The van der Waals surface area contributed by atoms with E-state index in [1.165, 1.54) is 63.4 Å². The average molecular weight is 356 g/mol. The molecule has 1 atom stereocenters. The second-order valence-electron chi connectivity index (χ2n) is 7.65. The van der Waals surface area contributed by atoms with Gasteiger partial charge in [0.25, 0.3) is 0 Å². The first kappa shape index (κ1) is 19.1. The fourth-order valence-corrected chi connectivity index (χ4v) is 3.71. The quantitative estimate of drug-likeness (QED) is 0.512. The number of aromatic nitrogens is 3. The van der Waals surface area contributed by atoms with E-state index >= 15 is 0 Å². The van der Waals surface area contributed by atoms with E-state index in [2.05, 4.69) is 54.6 Å². The van der Waals surface area contributed by atoms with Crippen LogP contribution in [0.2, 0.25) is 0 Å². The molecule has 1 aromatic carbocycles. The maximum atomic E-state index is 6.49. The van der Waals surface area contributed by atoms with Crippen molar-refractivity contribution in [3.05, 3.63) is 36.0 Å². The summed E-state index contributed by atoms with van der Waals surface area (Å²) in [5, 5.41) is 8.83. The summed E-state index contributed by atoms with van der Waals surface area (Å²) in [5.74, 6) is 0. The molecule has 1 aromatic heterocycles. The van der Waals surface area contributed by atoms with E-state index in [-0.39, 0.29) is 6.23 Å². The van der Waals surface area contributed by atoms with Gasteiger partial charge in [-0.15, -0.1) is 5.10 Å². The van der Waals surface area contributed by atoms with Gasteiger partial charge in [0.15, 0.2) is 6.23 Å². The Hall–Kier alpha value is -1.68. The summed E-state index contributed by atoms with van der Waals surface area (Å²) in [5.41, 5.74) is 3.30. The summed E-state index contributed by atoms with van der Waals surface area (Å²) in [6, 6.07) is 8.47. The molecule has 1 aliphatic carbocycles. The van der Waals surface area contributed by atoms with Gasteiger partial charge in [0, 0.05) is 5.56 Å². The predicted molar refractivity (Wildman–Crippen MR) is 106 cm³/mol. The fourth-order valence-electron chi connectivity index (χ4n) is 3.71. The predicted octanol–water partition coefficient (Wildman–Crippen LogP) is 6.07. The standard InChI is InChI=1S/C22H33N3O/c1-3-4-5-9-12-22(26-20-10-7-6-8-11-20)25-17-21(23-24-25)19-15-13-18(2)14-16-19/h13-17,20,22H,3-12H2,1-2H3. The first-order valence-electron chi connectivity index (χ1n) is 10.4. The van der Waals surface area contributed by atoms with Gasteiger partial charge in [-0.25, -0.2) is 4.68 Å². The molecule has 26 heavy (non-hydrogen) atoms. The van der Waals surface area contributed by atoms with Crippen molar-refractivity contribution in [2.75, 3.05) is 0 Å². The molecule has 4 heteroatoms. The van der Waals surface area contributed by atoms with E-state index in [4.69, 9.17) is 4.74 Å². The van der Waals surface area contributed by atoms with Gasteiger partial charge in [0.05, 0.1) is 12.3 Å². The molecule has 1 heterocycles. The zero-order valence-electron chi connectivity index (χ0n) is 16.4. The number of aryl methyl sites for hydroxylation is 1. The molecule has 1 saturated carbocycles. The van der Waals surface area contributed by atoms with E-state index in [9.17, 15) is 0 Å². The lowest BCUT2D eigenvalue weighted by atomic mass is 9.97. The van der Waals surface area contributed by atoms with E-state index in [0.29, 0.717) is 6.10 Å². The molecule has 4 nitrogen and oxygen atoms in total. The minimum atomic E-state index is 0.0154. The second-order valence-corrected chi connectivity index (χ2v) is 7.65. The average Bonchev–Trinajstić information content (AvgIpc) is 3.16. The lowest BCUT2D eigenvalue weighted by Gasteiger charge is -2.27. The molecule has 0 bridgehead atoms. The molecule has 3 rings (SSSR count). The molecular formula is C22H33N3O. The van der Waals surface area contributed by atoms with Gasteiger partial charge >= 0.3 is 0 Å². The van der Waals surface area contributed by atoms with Crippen molar-refractivity contribution in [3.8, 4) is 11.3 Å². The number of nitrogens with zero attached hydrogens (tertiary/aromatic N) is 3. The Kier molecular flexibility index (Phi) is 7.24. The van der Waals surface area contributed by atoms with Gasteiger partial charge in [-0.05, 0) is 32.6 Å². The molecule has 142 valence electrons. The summed E-state index contributed by atoms with van der Waals surface area (Å²) in [6.07, 6.45) is 14.8. The van der Waals surface area contributed by atoms with Gasteiger partial charge in [0.1, 0.15) is 5.69 Å². The van der Waals surface area contributed by atoms with Gasteiger partial charge in [-0.2, -0.15) is 0 Å². The minimum absolute atomic E-state index is 0.0154. The molecular weight excluding hydrogens is 322 g/mol. The highest BCUT2D eigenvalue weighted by Gasteiger charge is 2.21. The first-order valence-corrected chi connectivity index (χ1v) is 10.4. The SMILES string of the molecule is CCCCCCC(OC1CCCCC1)n1cc(-c2ccc(C)cc2)nn1. The minimum Gasteiger partial charge on any atom is -0.353 e. The van der Waals surface area contributed by atoms with Crippen molar-refractivity contribution in [2.45, 2.75) is 90.4 Å². The summed E-state index contributed by atoms with van der Waals surface area (Å²) in [4.78, 5) is 0. The van der Waals surface area contributed by atoms with E-state index < -0.39 is 0 Å². The number of benzene rings is 1. The van der Waals surface area contributed by atoms with Crippen LogP contribution >= 0.6 is 0 Å². The molecule has 0 saturated heterocycles. The number of unbranched alkanes of at least 4 members (excludes halogenated alkanes) is 3. The normalized spacial score (nSPS) is 16.7. The molecule has 0 spiro atoms. The van der Waals surface area contributed by atoms with E-state index in [1.807, 2.05) is 4.68 Å². The molecule has 1 unspecified atom stereocenters. The lowest BCUT2D eigenvalue weighted by Crippen LogP contribution is -2.23. The van der Waals surface area contributed by atoms with Crippen LogP contribution in [0.1, 0.15) is 82.9 Å². The highest BCUT2D eigenvalue weighted by molar-refractivity contribution is 5.57. The maximum absolute atomic E-state index is 6.49. The van der Waals surface area contributed by atoms with Crippen LogP contribution in [0.15, 0.2) is 30.5 Å². The molecule has 2 aromatic rings. The number of hydrogen-bond donors (Lipinski definition) is 0. The van der Waals surface area contributed by atoms with E-state index in [0.717, 1.165) is 17.7 Å². The summed E-state index contributed by atoms with van der Waals surface area (Å²) >= 11 is 0. The topological polar surface area (TPSA) is 39.9 Å². The Morgan fingerprint density at radius 1 is 1.08 bits per heavy atom. The Labute approximate surface area is 158 Å². The van der Waals surface area contributed by atoms with Crippen LogP contribution in [0.5, 0.6) is 0 Å². The molecule has 0 aliphatic heterocycles. The third kappa shape index (κ3) is 5.41. The number of ether oxygens (including phenoxy) is 1. The fraction of sp³-hybridized carbons (Fsp3) is 0.636. The van der Waals surface area contributed by atoms with Crippen molar-refractivity contribution in [2.24, 2.45) is 0 Å². The van der Waals surface area contributed by atoms with Crippen LogP contribution in [-0.4, -0.2) is 21.1 Å². The summed E-state index contributed by atoms with van der Waals surface area (Å²) in [6.45, 7) is 4.35. The van der Waals surface area contributed by atoms with Gasteiger partial charge < -0.3 is 4.74 Å². The largest absolute Gasteiger partial charge is 0.353 e. The first-order chi connectivity index (χ1) is 12.8. The summed E-state index contributed by atoms with van der Waals surface area (Å²) in [7, 11) is 0. The Bertz CT molecular complexity index is 644. The number of hydrogen-bond acceptors (Lipinski definition) is 3. The van der Waals surface area contributed by atoms with Crippen molar-refractivity contribution >= 4 is 0 Å². The van der Waals surface area contributed by atoms with Crippen molar-refractivity contribution < 1.29 is 4.74 Å². The van der Waals surface area contributed by atoms with Crippen molar-refractivity contribution in [3.63, 3.8) is 0 Å². The monoisotopic (exact) mass is 355 g/mol. The lowest BCUT2D eigenvalue weighted by molar-refractivity contribution is -0.0795. The molecule has 0 radical (unpaired) electrons. The maximum Gasteiger partial charge on any atom is 0.152 e. The van der Waals surface area contributed by atoms with Gasteiger partial charge in [-0.3, -0.25) is 0 Å². The van der Waals surface area contributed by atoms with Gasteiger partial charge in [0.2, 0.25) is 0 Å². The van der Waals surface area contributed by atoms with Crippen LogP contribution in [0.25, 0.3) is 11.3 Å². The third-order valence-corrected chi connectivity index (χ3v) is 5.36. The Morgan fingerprint density at radius 2 is 1.85 bits per heavy atom. The van der Waals surface area contributed by atoms with Crippen LogP contribution in [0.4, 0.5) is 0 Å². The Morgan fingerprint density at radius 3 is 2.58 bits per heavy atom.